The van der Waals surface area contributed by atoms with Gasteiger partial charge in [-0.3, -0.25) is 4.79 Å². The summed E-state index contributed by atoms with van der Waals surface area (Å²) in [5.74, 6) is -0.0431. The summed E-state index contributed by atoms with van der Waals surface area (Å²) >= 11 is 3.43. The molecule has 1 aromatic rings. The topological polar surface area (TPSA) is 38.8 Å². The lowest BCUT2D eigenvalue weighted by Gasteiger charge is -2.24. The molecule has 1 aliphatic heterocycles. The first-order valence-corrected chi connectivity index (χ1v) is 8.05. The minimum atomic E-state index is -0.470. The first-order chi connectivity index (χ1) is 9.99. The molecule has 21 heavy (non-hydrogen) atoms. The zero-order chi connectivity index (χ0) is 15.4. The molecule has 1 saturated heterocycles. The number of halogens is 1. The van der Waals surface area contributed by atoms with E-state index < -0.39 is 6.10 Å². The van der Waals surface area contributed by atoms with Crippen molar-refractivity contribution in [3.05, 3.63) is 28.2 Å². The maximum absolute atomic E-state index is 12.4. The Morgan fingerprint density at radius 3 is 2.95 bits per heavy atom. The van der Waals surface area contributed by atoms with E-state index in [1.807, 2.05) is 25.1 Å². The van der Waals surface area contributed by atoms with Gasteiger partial charge in [0.2, 0.25) is 0 Å². The number of likely N-dealkylation sites (N-methyl/N-ethyl adjacent to an activating group) is 1. The molecule has 1 aromatic carbocycles. The van der Waals surface area contributed by atoms with Crippen LogP contribution in [0.2, 0.25) is 0 Å². The Morgan fingerprint density at radius 2 is 2.33 bits per heavy atom. The highest BCUT2D eigenvalue weighted by atomic mass is 79.9. The number of benzene rings is 1. The zero-order valence-corrected chi connectivity index (χ0v) is 14.4. The quantitative estimate of drug-likeness (QED) is 0.813. The van der Waals surface area contributed by atoms with Crippen LogP contribution in [-0.2, 0) is 14.3 Å². The van der Waals surface area contributed by atoms with E-state index in [1.165, 1.54) is 0 Å². The molecule has 116 valence electrons. The van der Waals surface area contributed by atoms with Crippen LogP contribution >= 0.6 is 15.9 Å². The lowest BCUT2D eigenvalue weighted by Crippen LogP contribution is -2.38. The minimum Gasteiger partial charge on any atom is -0.376 e. The van der Waals surface area contributed by atoms with Crippen molar-refractivity contribution < 1.29 is 14.3 Å². The first-order valence-electron chi connectivity index (χ1n) is 7.26. The van der Waals surface area contributed by atoms with Gasteiger partial charge < -0.3 is 14.4 Å². The summed E-state index contributed by atoms with van der Waals surface area (Å²) in [7, 11) is 1.78. The van der Waals surface area contributed by atoms with Crippen LogP contribution in [0.3, 0.4) is 0 Å². The fourth-order valence-electron chi connectivity index (χ4n) is 2.49. The molecular weight excluding hydrogens is 334 g/mol. The van der Waals surface area contributed by atoms with Crippen LogP contribution in [-0.4, -0.2) is 38.4 Å². The van der Waals surface area contributed by atoms with Gasteiger partial charge in [-0.25, -0.2) is 0 Å². The van der Waals surface area contributed by atoms with E-state index >= 15 is 0 Å². The highest BCUT2D eigenvalue weighted by molar-refractivity contribution is 9.10. The number of ether oxygens (including phenoxy) is 2. The van der Waals surface area contributed by atoms with Gasteiger partial charge in [-0.2, -0.15) is 0 Å². The molecule has 1 aliphatic rings. The standard InChI is InChI=1S/C16H22BrNO3/c1-11-9-13(17)6-7-15(11)18(3)16(19)12(2)21-10-14-5-4-8-20-14/h6-7,9,12,14H,4-5,8,10H2,1-3H3. The molecule has 0 radical (unpaired) electrons. The van der Waals surface area contributed by atoms with E-state index in [0.717, 1.165) is 35.2 Å². The molecule has 1 heterocycles. The number of carbonyl (C=O) groups is 1. The number of rotatable bonds is 5. The lowest BCUT2D eigenvalue weighted by molar-refractivity contribution is -0.130. The fraction of sp³-hybridized carbons (Fsp3) is 0.562. The summed E-state index contributed by atoms with van der Waals surface area (Å²) in [4.78, 5) is 14.1. The van der Waals surface area contributed by atoms with E-state index in [9.17, 15) is 4.79 Å². The van der Waals surface area contributed by atoms with Crippen molar-refractivity contribution >= 4 is 27.5 Å². The van der Waals surface area contributed by atoms with Crippen molar-refractivity contribution in [2.24, 2.45) is 0 Å². The molecule has 2 unspecified atom stereocenters. The highest BCUT2D eigenvalue weighted by Crippen LogP contribution is 2.24. The van der Waals surface area contributed by atoms with E-state index in [1.54, 1.807) is 18.9 Å². The van der Waals surface area contributed by atoms with Crippen LogP contribution in [0, 0.1) is 6.92 Å². The third kappa shape index (κ3) is 4.28. The van der Waals surface area contributed by atoms with Crippen LogP contribution in [0.15, 0.2) is 22.7 Å². The summed E-state index contributed by atoms with van der Waals surface area (Å²) in [5, 5.41) is 0. The Bertz CT molecular complexity index is 500. The van der Waals surface area contributed by atoms with Crippen molar-refractivity contribution in [3.63, 3.8) is 0 Å². The molecule has 2 rings (SSSR count). The monoisotopic (exact) mass is 355 g/mol. The summed E-state index contributed by atoms with van der Waals surface area (Å²) in [6.45, 7) is 5.07. The van der Waals surface area contributed by atoms with Crippen molar-refractivity contribution in [2.45, 2.75) is 38.9 Å². The van der Waals surface area contributed by atoms with Crippen LogP contribution < -0.4 is 4.90 Å². The number of carbonyl (C=O) groups excluding carboxylic acids is 1. The van der Waals surface area contributed by atoms with Crippen LogP contribution in [0.5, 0.6) is 0 Å². The number of anilines is 1. The van der Waals surface area contributed by atoms with Gasteiger partial charge in [-0.15, -0.1) is 0 Å². The van der Waals surface area contributed by atoms with Crippen molar-refractivity contribution in [1.82, 2.24) is 0 Å². The molecule has 0 aromatic heterocycles. The highest BCUT2D eigenvalue weighted by Gasteiger charge is 2.23. The second kappa shape index (κ2) is 7.38. The van der Waals surface area contributed by atoms with Gasteiger partial charge in [0.15, 0.2) is 0 Å². The molecule has 0 N–H and O–H groups in total. The number of hydrogen-bond donors (Lipinski definition) is 0. The minimum absolute atomic E-state index is 0.0431. The van der Waals surface area contributed by atoms with Gasteiger partial charge in [0.05, 0.1) is 12.7 Å². The molecule has 4 nitrogen and oxygen atoms in total. The van der Waals surface area contributed by atoms with Crippen molar-refractivity contribution in [2.75, 3.05) is 25.2 Å². The van der Waals surface area contributed by atoms with Gasteiger partial charge in [0, 0.05) is 23.8 Å². The summed E-state index contributed by atoms with van der Waals surface area (Å²) in [5.41, 5.74) is 1.95. The Morgan fingerprint density at radius 1 is 1.57 bits per heavy atom. The Kier molecular flexibility index (Phi) is 5.79. The summed E-state index contributed by atoms with van der Waals surface area (Å²) in [6, 6.07) is 5.87. The summed E-state index contributed by atoms with van der Waals surface area (Å²) in [6.07, 6.45) is 1.76. The maximum Gasteiger partial charge on any atom is 0.255 e. The molecule has 1 amide bonds. The predicted octanol–water partition coefficient (Wildman–Crippen LogP) is 3.30. The molecule has 5 heteroatoms. The van der Waals surface area contributed by atoms with Gasteiger partial charge in [0.1, 0.15) is 6.10 Å². The van der Waals surface area contributed by atoms with Crippen LogP contribution in [0.4, 0.5) is 5.69 Å². The molecule has 2 atom stereocenters. The third-order valence-corrected chi connectivity index (χ3v) is 4.25. The molecule has 0 saturated carbocycles. The number of hydrogen-bond acceptors (Lipinski definition) is 3. The van der Waals surface area contributed by atoms with Gasteiger partial charge in [-0.1, -0.05) is 15.9 Å². The Balaban J connectivity index is 1.94. The van der Waals surface area contributed by atoms with Crippen molar-refractivity contribution in [1.29, 1.82) is 0 Å². The fourth-order valence-corrected chi connectivity index (χ4v) is 2.96. The molecule has 0 aliphatic carbocycles. The molecular formula is C16H22BrNO3. The number of amides is 1. The normalized spacial score (nSPS) is 19.5. The Hall–Kier alpha value is -0.910. The Labute approximate surface area is 134 Å². The average molecular weight is 356 g/mol. The van der Waals surface area contributed by atoms with Crippen LogP contribution in [0.1, 0.15) is 25.3 Å². The molecule has 0 spiro atoms. The third-order valence-electron chi connectivity index (χ3n) is 3.75. The van der Waals surface area contributed by atoms with E-state index in [0.29, 0.717) is 6.61 Å². The molecule has 0 bridgehead atoms. The molecule has 1 fully saturated rings. The summed E-state index contributed by atoms with van der Waals surface area (Å²) < 4.78 is 12.2. The van der Waals surface area contributed by atoms with Crippen LogP contribution in [0.25, 0.3) is 0 Å². The number of aryl methyl sites for hydroxylation is 1. The van der Waals surface area contributed by atoms with E-state index in [2.05, 4.69) is 15.9 Å². The SMILES string of the molecule is Cc1cc(Br)ccc1N(C)C(=O)C(C)OCC1CCCO1. The number of nitrogens with zero attached hydrogens (tertiary/aromatic N) is 1. The van der Waals surface area contributed by atoms with E-state index in [-0.39, 0.29) is 12.0 Å². The lowest BCUT2D eigenvalue weighted by atomic mass is 10.1. The largest absolute Gasteiger partial charge is 0.376 e. The van der Waals surface area contributed by atoms with E-state index in [4.69, 9.17) is 9.47 Å². The van der Waals surface area contributed by atoms with Crippen molar-refractivity contribution in [3.8, 4) is 0 Å². The van der Waals surface area contributed by atoms with Gasteiger partial charge in [-0.05, 0) is 50.5 Å². The predicted molar refractivity (Wildman–Crippen MR) is 86.7 cm³/mol. The smallest absolute Gasteiger partial charge is 0.255 e. The average Bonchev–Trinajstić information content (AvgIpc) is 2.96. The van der Waals surface area contributed by atoms with Gasteiger partial charge >= 0.3 is 0 Å². The maximum atomic E-state index is 12.4. The first kappa shape index (κ1) is 16.5. The zero-order valence-electron chi connectivity index (χ0n) is 12.8. The second-order valence-electron chi connectivity index (χ2n) is 5.44. The van der Waals surface area contributed by atoms with Gasteiger partial charge in [0.25, 0.3) is 5.91 Å². The second-order valence-corrected chi connectivity index (χ2v) is 6.35.